The lowest BCUT2D eigenvalue weighted by atomic mass is 10.1. The number of unbranched alkanes of at least 4 members (excludes halogenated alkanes) is 1. The molecule has 2 N–H and O–H groups in total. The largest absolute Gasteiger partial charge is 0.494 e. The number of nitrogens with one attached hydrogen (secondary N) is 2. The Kier molecular flexibility index (Phi) is 7.16. The molecule has 0 unspecified atom stereocenters. The number of ether oxygens (including phenoxy) is 1. The van der Waals surface area contributed by atoms with Crippen molar-refractivity contribution in [1.29, 1.82) is 0 Å². The van der Waals surface area contributed by atoms with E-state index in [9.17, 15) is 10.1 Å². The fraction of sp³-hybridized carbons (Fsp3) is 0.278. The summed E-state index contributed by atoms with van der Waals surface area (Å²) in [5, 5.41) is 17.4. The molecule has 0 fully saturated rings. The molecule has 0 heterocycles. The zero-order valence-electron chi connectivity index (χ0n) is 14.0. The molecule has 2 rings (SSSR count). The van der Waals surface area contributed by atoms with Crippen LogP contribution in [0.15, 0.2) is 48.5 Å². The summed E-state index contributed by atoms with van der Waals surface area (Å²) in [6.07, 6.45) is 3.10. The topological polar surface area (TPSA) is 76.4 Å². The molecule has 25 heavy (non-hydrogen) atoms. The summed E-state index contributed by atoms with van der Waals surface area (Å²) in [5.41, 5.74) is 1.90. The average molecular weight is 359 g/mol. The van der Waals surface area contributed by atoms with Gasteiger partial charge in [0.05, 0.1) is 23.8 Å². The van der Waals surface area contributed by atoms with Crippen molar-refractivity contribution in [2.45, 2.75) is 19.3 Å². The van der Waals surface area contributed by atoms with Crippen molar-refractivity contribution in [3.63, 3.8) is 0 Å². The Hall–Kier alpha value is -2.67. The first-order valence-electron chi connectivity index (χ1n) is 8.01. The minimum absolute atomic E-state index is 0.0258. The van der Waals surface area contributed by atoms with Crippen molar-refractivity contribution < 1.29 is 9.66 Å². The van der Waals surface area contributed by atoms with E-state index in [1.165, 1.54) is 24.8 Å². The molecule has 0 atom stereocenters. The van der Waals surface area contributed by atoms with Crippen molar-refractivity contribution in [2.75, 3.05) is 19.0 Å². The number of hydrogen-bond acceptors (Lipinski definition) is 4. The zero-order valence-corrected chi connectivity index (χ0v) is 14.8. The molecule has 0 bridgehead atoms. The van der Waals surface area contributed by atoms with E-state index in [0.29, 0.717) is 16.5 Å². The molecule has 0 aliphatic heterocycles. The first-order chi connectivity index (χ1) is 12.1. The molecular weight excluding hydrogens is 338 g/mol. The van der Waals surface area contributed by atoms with E-state index in [-0.39, 0.29) is 5.69 Å². The van der Waals surface area contributed by atoms with Crippen LogP contribution in [-0.4, -0.2) is 23.7 Å². The fourth-order valence-corrected chi connectivity index (χ4v) is 2.58. The highest BCUT2D eigenvalue weighted by molar-refractivity contribution is 7.80. The number of anilines is 1. The maximum atomic E-state index is 10.8. The van der Waals surface area contributed by atoms with Gasteiger partial charge in [-0.2, -0.15) is 0 Å². The van der Waals surface area contributed by atoms with Gasteiger partial charge in [-0.3, -0.25) is 10.1 Å². The second-order valence-electron chi connectivity index (χ2n) is 5.47. The quantitative estimate of drug-likeness (QED) is 0.322. The van der Waals surface area contributed by atoms with E-state index in [4.69, 9.17) is 17.0 Å². The van der Waals surface area contributed by atoms with Gasteiger partial charge in [0, 0.05) is 12.6 Å². The van der Waals surface area contributed by atoms with Crippen LogP contribution >= 0.6 is 12.2 Å². The Morgan fingerprint density at radius 1 is 1.20 bits per heavy atom. The number of rotatable bonds is 8. The van der Waals surface area contributed by atoms with Gasteiger partial charge in [0.25, 0.3) is 5.69 Å². The lowest BCUT2D eigenvalue weighted by molar-refractivity contribution is -0.384. The van der Waals surface area contributed by atoms with Crippen molar-refractivity contribution >= 4 is 28.7 Å². The van der Waals surface area contributed by atoms with Crippen LogP contribution in [0, 0.1) is 10.1 Å². The normalized spacial score (nSPS) is 10.1. The summed E-state index contributed by atoms with van der Waals surface area (Å²) in [6, 6.07) is 14.7. The molecule has 0 aliphatic carbocycles. The molecular formula is C18H21N3O3S. The van der Waals surface area contributed by atoms with Crippen molar-refractivity contribution in [3.05, 3.63) is 64.2 Å². The average Bonchev–Trinajstić information content (AvgIpc) is 2.62. The lowest BCUT2D eigenvalue weighted by Crippen LogP contribution is -2.29. The maximum absolute atomic E-state index is 10.8. The highest BCUT2D eigenvalue weighted by Gasteiger charge is 2.12. The maximum Gasteiger partial charge on any atom is 0.273 e. The van der Waals surface area contributed by atoms with E-state index in [0.717, 1.165) is 25.8 Å². The summed E-state index contributed by atoms with van der Waals surface area (Å²) in [5.74, 6) is 0.377. The SMILES string of the molecule is COc1cc([N+](=O)[O-])ccc1NC(=S)NCCCCc1ccccc1. The molecule has 6 nitrogen and oxygen atoms in total. The second kappa shape index (κ2) is 9.58. The number of thiocarbonyl (C=S) groups is 1. The third-order valence-electron chi connectivity index (χ3n) is 3.66. The predicted octanol–water partition coefficient (Wildman–Crippen LogP) is 3.91. The standard InChI is InChI=1S/C18H21N3O3S/c1-24-17-13-15(21(22)23)10-11-16(17)20-18(25)19-12-6-5-9-14-7-3-2-4-8-14/h2-4,7-8,10-11,13H,5-6,9,12H2,1H3,(H2,19,20,25). The van der Waals surface area contributed by atoms with E-state index in [1.807, 2.05) is 18.2 Å². The highest BCUT2D eigenvalue weighted by atomic mass is 32.1. The smallest absolute Gasteiger partial charge is 0.273 e. The molecule has 0 saturated carbocycles. The third kappa shape index (κ3) is 6.04. The fourth-order valence-electron chi connectivity index (χ4n) is 2.36. The number of non-ortho nitro benzene ring substituents is 1. The van der Waals surface area contributed by atoms with E-state index in [2.05, 4.69) is 22.8 Å². The number of nitro groups is 1. The summed E-state index contributed by atoms with van der Waals surface area (Å²) < 4.78 is 5.17. The van der Waals surface area contributed by atoms with Crippen molar-refractivity contribution in [3.8, 4) is 5.75 Å². The Labute approximate surface area is 152 Å². The summed E-state index contributed by atoms with van der Waals surface area (Å²) in [4.78, 5) is 10.3. The van der Waals surface area contributed by atoms with E-state index in [1.54, 1.807) is 6.07 Å². The van der Waals surface area contributed by atoms with Crippen LogP contribution in [0.1, 0.15) is 18.4 Å². The van der Waals surface area contributed by atoms with Gasteiger partial charge >= 0.3 is 0 Å². The lowest BCUT2D eigenvalue weighted by Gasteiger charge is -2.13. The van der Waals surface area contributed by atoms with Gasteiger partial charge in [0.2, 0.25) is 0 Å². The molecule has 0 aromatic heterocycles. The van der Waals surface area contributed by atoms with Crippen LogP contribution in [0.4, 0.5) is 11.4 Å². The Bertz CT molecular complexity index is 723. The predicted molar refractivity (Wildman–Crippen MR) is 103 cm³/mol. The molecule has 132 valence electrons. The van der Waals surface area contributed by atoms with Gasteiger partial charge in [-0.15, -0.1) is 0 Å². The van der Waals surface area contributed by atoms with Crippen LogP contribution in [0.5, 0.6) is 5.75 Å². The van der Waals surface area contributed by atoms with Gasteiger partial charge < -0.3 is 15.4 Å². The molecule has 0 aliphatic rings. The summed E-state index contributed by atoms with van der Waals surface area (Å²) in [6.45, 7) is 0.758. The number of aryl methyl sites for hydroxylation is 1. The molecule has 0 spiro atoms. The number of hydrogen-bond donors (Lipinski definition) is 2. The van der Waals surface area contributed by atoms with E-state index >= 15 is 0 Å². The van der Waals surface area contributed by atoms with Crippen LogP contribution in [0.25, 0.3) is 0 Å². The summed E-state index contributed by atoms with van der Waals surface area (Å²) >= 11 is 5.26. The van der Waals surface area contributed by atoms with Gasteiger partial charge in [-0.25, -0.2) is 0 Å². The minimum atomic E-state index is -0.463. The molecule has 0 radical (unpaired) electrons. The Morgan fingerprint density at radius 3 is 2.64 bits per heavy atom. The molecule has 0 amide bonds. The second-order valence-corrected chi connectivity index (χ2v) is 5.87. The first-order valence-corrected chi connectivity index (χ1v) is 8.42. The van der Waals surface area contributed by atoms with Crippen LogP contribution in [-0.2, 0) is 6.42 Å². The van der Waals surface area contributed by atoms with Crippen LogP contribution < -0.4 is 15.4 Å². The Morgan fingerprint density at radius 2 is 1.96 bits per heavy atom. The van der Waals surface area contributed by atoms with Gasteiger partial charge in [-0.05, 0) is 43.1 Å². The number of methoxy groups -OCH3 is 1. The minimum Gasteiger partial charge on any atom is -0.494 e. The van der Waals surface area contributed by atoms with Gasteiger partial charge in [-0.1, -0.05) is 30.3 Å². The monoisotopic (exact) mass is 359 g/mol. The Balaban J connectivity index is 1.75. The third-order valence-corrected chi connectivity index (χ3v) is 3.91. The van der Waals surface area contributed by atoms with Crippen molar-refractivity contribution in [1.82, 2.24) is 5.32 Å². The van der Waals surface area contributed by atoms with Crippen molar-refractivity contribution in [2.24, 2.45) is 0 Å². The molecule has 7 heteroatoms. The van der Waals surface area contributed by atoms with Gasteiger partial charge in [0.1, 0.15) is 5.75 Å². The molecule has 0 saturated heterocycles. The van der Waals surface area contributed by atoms with Crippen LogP contribution in [0.3, 0.4) is 0 Å². The van der Waals surface area contributed by atoms with Gasteiger partial charge in [0.15, 0.2) is 5.11 Å². The molecule has 2 aromatic rings. The van der Waals surface area contributed by atoms with E-state index < -0.39 is 4.92 Å². The number of nitro benzene ring substituents is 1. The zero-order chi connectivity index (χ0) is 18.1. The number of nitrogens with zero attached hydrogens (tertiary/aromatic N) is 1. The summed E-state index contributed by atoms with van der Waals surface area (Å²) in [7, 11) is 1.46. The first kappa shape index (κ1) is 18.7. The van der Waals surface area contributed by atoms with Crippen LogP contribution in [0.2, 0.25) is 0 Å². The highest BCUT2D eigenvalue weighted by Crippen LogP contribution is 2.28. The molecule has 2 aromatic carbocycles. The number of benzene rings is 2.